The topological polar surface area (TPSA) is 17.1 Å². The molecule has 0 aliphatic heterocycles. The lowest BCUT2D eigenvalue weighted by atomic mass is 9.75. The monoisotopic (exact) mass is 196 g/mol. The van der Waals surface area contributed by atoms with Crippen LogP contribution in [-0.4, -0.2) is 5.78 Å². The van der Waals surface area contributed by atoms with Crippen molar-refractivity contribution >= 4 is 5.78 Å². The van der Waals surface area contributed by atoms with Gasteiger partial charge < -0.3 is 4.79 Å². The molecule has 0 saturated heterocycles. The standard InChI is InChI=1S/C13H24O/c1-10(2)13-8-6-12(7-9-13)5-4-11(3)14/h10,12-13H,4-9H2,1-3H3. The van der Waals surface area contributed by atoms with Gasteiger partial charge in [-0.2, -0.15) is 0 Å². The van der Waals surface area contributed by atoms with Crippen LogP contribution in [0.4, 0.5) is 0 Å². The molecule has 14 heavy (non-hydrogen) atoms. The molecule has 0 aromatic rings. The van der Waals surface area contributed by atoms with Crippen LogP contribution in [0.15, 0.2) is 0 Å². The van der Waals surface area contributed by atoms with E-state index in [1.54, 1.807) is 6.92 Å². The van der Waals surface area contributed by atoms with Crippen LogP contribution in [0.3, 0.4) is 0 Å². The minimum Gasteiger partial charge on any atom is -0.300 e. The van der Waals surface area contributed by atoms with Crippen LogP contribution in [0.25, 0.3) is 0 Å². The molecule has 0 N–H and O–H groups in total. The molecule has 0 unspecified atom stereocenters. The van der Waals surface area contributed by atoms with E-state index in [1.165, 1.54) is 25.7 Å². The number of rotatable bonds is 4. The van der Waals surface area contributed by atoms with E-state index < -0.39 is 0 Å². The van der Waals surface area contributed by atoms with Gasteiger partial charge in [0.05, 0.1) is 0 Å². The van der Waals surface area contributed by atoms with Crippen LogP contribution >= 0.6 is 0 Å². The zero-order valence-electron chi connectivity index (χ0n) is 9.88. The molecule has 0 spiro atoms. The van der Waals surface area contributed by atoms with Crippen LogP contribution in [0.5, 0.6) is 0 Å². The molecule has 1 saturated carbocycles. The van der Waals surface area contributed by atoms with Crippen molar-refractivity contribution in [2.24, 2.45) is 17.8 Å². The summed E-state index contributed by atoms with van der Waals surface area (Å²) in [6.07, 6.45) is 7.43. The van der Waals surface area contributed by atoms with Crippen LogP contribution in [-0.2, 0) is 4.79 Å². The number of hydrogen-bond donors (Lipinski definition) is 0. The molecule has 0 heterocycles. The Morgan fingerprint density at radius 2 is 1.79 bits per heavy atom. The third-order valence-electron chi connectivity index (χ3n) is 3.74. The number of carbonyl (C=O) groups is 1. The Morgan fingerprint density at radius 1 is 1.21 bits per heavy atom. The van der Waals surface area contributed by atoms with Gasteiger partial charge >= 0.3 is 0 Å². The summed E-state index contributed by atoms with van der Waals surface area (Å²) in [6, 6.07) is 0. The first-order chi connectivity index (χ1) is 6.59. The first kappa shape index (κ1) is 11.7. The molecule has 0 amide bonds. The van der Waals surface area contributed by atoms with Crippen LogP contribution in [0.1, 0.15) is 59.3 Å². The van der Waals surface area contributed by atoms with Gasteiger partial charge in [-0.1, -0.05) is 26.7 Å². The second kappa shape index (κ2) is 5.53. The fourth-order valence-electron chi connectivity index (χ4n) is 2.55. The van der Waals surface area contributed by atoms with Crippen LogP contribution in [0, 0.1) is 17.8 Å². The molecule has 1 rings (SSSR count). The first-order valence-corrected chi connectivity index (χ1v) is 6.09. The highest BCUT2D eigenvalue weighted by atomic mass is 16.1. The summed E-state index contributed by atoms with van der Waals surface area (Å²) in [7, 11) is 0. The Hall–Kier alpha value is -0.330. The Balaban J connectivity index is 2.19. The quantitative estimate of drug-likeness (QED) is 0.668. The van der Waals surface area contributed by atoms with Crippen molar-refractivity contribution in [3.63, 3.8) is 0 Å². The minimum atomic E-state index is 0.357. The predicted octanol–water partition coefficient (Wildman–Crippen LogP) is 3.82. The van der Waals surface area contributed by atoms with E-state index in [0.717, 1.165) is 30.6 Å². The molecule has 1 aliphatic rings. The van der Waals surface area contributed by atoms with Gasteiger partial charge in [-0.3, -0.25) is 0 Å². The number of carbonyl (C=O) groups excluding carboxylic acids is 1. The third kappa shape index (κ3) is 3.81. The zero-order chi connectivity index (χ0) is 10.6. The number of ketones is 1. The van der Waals surface area contributed by atoms with Crippen LogP contribution < -0.4 is 0 Å². The molecule has 1 aliphatic carbocycles. The van der Waals surface area contributed by atoms with Crippen molar-refractivity contribution in [1.29, 1.82) is 0 Å². The fraction of sp³-hybridized carbons (Fsp3) is 0.923. The summed E-state index contributed by atoms with van der Waals surface area (Å²) in [4.78, 5) is 10.9. The molecule has 0 atom stereocenters. The van der Waals surface area contributed by atoms with Gasteiger partial charge in [0.25, 0.3) is 0 Å². The first-order valence-electron chi connectivity index (χ1n) is 6.09. The van der Waals surface area contributed by atoms with Crippen molar-refractivity contribution in [1.82, 2.24) is 0 Å². The Bertz CT molecular complexity index is 176. The maximum absolute atomic E-state index is 10.9. The van der Waals surface area contributed by atoms with Gasteiger partial charge in [-0.05, 0) is 43.9 Å². The number of hydrogen-bond acceptors (Lipinski definition) is 1. The molecule has 1 heteroatoms. The van der Waals surface area contributed by atoms with E-state index in [-0.39, 0.29) is 0 Å². The van der Waals surface area contributed by atoms with Crippen molar-refractivity contribution in [2.45, 2.75) is 59.3 Å². The van der Waals surface area contributed by atoms with Crippen molar-refractivity contribution in [3.05, 3.63) is 0 Å². The highest BCUT2D eigenvalue weighted by Gasteiger charge is 2.22. The highest BCUT2D eigenvalue weighted by molar-refractivity contribution is 5.75. The van der Waals surface area contributed by atoms with Crippen molar-refractivity contribution < 1.29 is 4.79 Å². The van der Waals surface area contributed by atoms with Gasteiger partial charge in [0.15, 0.2) is 0 Å². The van der Waals surface area contributed by atoms with Crippen molar-refractivity contribution in [3.8, 4) is 0 Å². The lowest BCUT2D eigenvalue weighted by molar-refractivity contribution is -0.117. The summed E-state index contributed by atoms with van der Waals surface area (Å²) < 4.78 is 0. The third-order valence-corrected chi connectivity index (χ3v) is 3.74. The van der Waals surface area contributed by atoms with E-state index in [9.17, 15) is 4.79 Å². The molecule has 0 radical (unpaired) electrons. The second-order valence-corrected chi connectivity index (χ2v) is 5.27. The van der Waals surface area contributed by atoms with E-state index in [4.69, 9.17) is 0 Å². The van der Waals surface area contributed by atoms with Gasteiger partial charge in [0.2, 0.25) is 0 Å². The number of Topliss-reactive ketones (excluding diaryl/α,β-unsaturated/α-hetero) is 1. The van der Waals surface area contributed by atoms with Crippen molar-refractivity contribution in [2.75, 3.05) is 0 Å². The normalized spacial score (nSPS) is 28.0. The largest absolute Gasteiger partial charge is 0.300 e. The molecule has 1 fully saturated rings. The molecule has 1 nitrogen and oxygen atoms in total. The predicted molar refractivity (Wildman–Crippen MR) is 60.2 cm³/mol. The molecule has 82 valence electrons. The van der Waals surface area contributed by atoms with Gasteiger partial charge in [-0.25, -0.2) is 0 Å². The van der Waals surface area contributed by atoms with Crippen LogP contribution in [0.2, 0.25) is 0 Å². The highest BCUT2D eigenvalue weighted by Crippen LogP contribution is 2.35. The van der Waals surface area contributed by atoms with Gasteiger partial charge in [0, 0.05) is 6.42 Å². The van der Waals surface area contributed by atoms with E-state index >= 15 is 0 Å². The summed E-state index contributed by atoms with van der Waals surface area (Å²) >= 11 is 0. The summed E-state index contributed by atoms with van der Waals surface area (Å²) in [5.74, 6) is 3.00. The fourth-order valence-corrected chi connectivity index (χ4v) is 2.55. The Labute approximate surface area is 88.3 Å². The lowest BCUT2D eigenvalue weighted by Gasteiger charge is -2.30. The van der Waals surface area contributed by atoms with E-state index in [0.29, 0.717) is 5.78 Å². The molecule has 0 aromatic heterocycles. The Morgan fingerprint density at radius 3 is 2.21 bits per heavy atom. The minimum absolute atomic E-state index is 0.357. The average Bonchev–Trinajstić information content (AvgIpc) is 2.15. The van der Waals surface area contributed by atoms with Gasteiger partial charge in [0.1, 0.15) is 5.78 Å². The second-order valence-electron chi connectivity index (χ2n) is 5.27. The van der Waals surface area contributed by atoms with E-state index in [2.05, 4.69) is 13.8 Å². The lowest BCUT2D eigenvalue weighted by Crippen LogP contribution is -2.18. The zero-order valence-corrected chi connectivity index (χ0v) is 9.88. The smallest absolute Gasteiger partial charge is 0.129 e. The molecular formula is C13H24O. The summed E-state index contributed by atoms with van der Waals surface area (Å²) in [6.45, 7) is 6.38. The van der Waals surface area contributed by atoms with Gasteiger partial charge in [-0.15, -0.1) is 0 Å². The Kier molecular flexibility index (Phi) is 4.64. The molecule has 0 bridgehead atoms. The average molecular weight is 196 g/mol. The SMILES string of the molecule is CC(=O)CCC1CCC(C(C)C)CC1. The molecule has 0 aromatic carbocycles. The summed E-state index contributed by atoms with van der Waals surface area (Å²) in [5.41, 5.74) is 0. The summed E-state index contributed by atoms with van der Waals surface area (Å²) in [5, 5.41) is 0. The maximum Gasteiger partial charge on any atom is 0.129 e. The molecular weight excluding hydrogens is 172 g/mol. The van der Waals surface area contributed by atoms with E-state index in [1.807, 2.05) is 0 Å². The maximum atomic E-state index is 10.9.